The average Bonchev–Trinajstić information content (AvgIpc) is 2.37. The fourth-order valence-corrected chi connectivity index (χ4v) is 2.82. The fraction of sp³-hybridized carbons (Fsp3) is 0.467. The molecule has 0 bridgehead atoms. The summed E-state index contributed by atoms with van der Waals surface area (Å²) in [6.45, 7) is 5.76. The minimum atomic E-state index is -0.620. The molecule has 1 fully saturated rings. The van der Waals surface area contributed by atoms with Crippen LogP contribution in [0.2, 0.25) is 5.02 Å². The van der Waals surface area contributed by atoms with Gasteiger partial charge in [0.2, 0.25) is 0 Å². The number of fused-ring (bicyclic) bond motifs is 1. The standard InChI is InChI=1S/C15H18ClN3O2/c1-9(2)15(21)7-19(8-15)6-13-17-12-4-3-10(16)5-11(12)14(20)18-13/h3-5,9,21H,6-8H2,1-2H3,(H,17,18,20). The first kappa shape index (κ1) is 14.5. The lowest BCUT2D eigenvalue weighted by Gasteiger charge is -2.48. The molecule has 2 heterocycles. The number of aromatic amines is 1. The molecular formula is C15H18ClN3O2. The number of likely N-dealkylation sites (tertiary alicyclic amines) is 1. The minimum Gasteiger partial charge on any atom is -0.387 e. The van der Waals surface area contributed by atoms with Crippen LogP contribution in [0.25, 0.3) is 10.9 Å². The van der Waals surface area contributed by atoms with Crippen molar-refractivity contribution in [1.29, 1.82) is 0 Å². The second-order valence-electron chi connectivity index (χ2n) is 6.08. The van der Waals surface area contributed by atoms with E-state index in [9.17, 15) is 9.90 Å². The van der Waals surface area contributed by atoms with E-state index in [1.165, 1.54) is 0 Å². The number of hydrogen-bond acceptors (Lipinski definition) is 4. The molecule has 5 nitrogen and oxygen atoms in total. The normalized spacial score (nSPS) is 18.1. The number of β-amino-alcohol motifs (C(OH)–C–C–N with tert-alkyl or cyclic N) is 1. The molecule has 112 valence electrons. The minimum absolute atomic E-state index is 0.183. The predicted octanol–water partition coefficient (Wildman–Crippen LogP) is 1.78. The molecule has 1 aliphatic heterocycles. The first-order valence-electron chi connectivity index (χ1n) is 7.00. The van der Waals surface area contributed by atoms with Gasteiger partial charge >= 0.3 is 0 Å². The summed E-state index contributed by atoms with van der Waals surface area (Å²) >= 11 is 5.89. The van der Waals surface area contributed by atoms with Crippen LogP contribution in [0.15, 0.2) is 23.0 Å². The molecule has 0 unspecified atom stereocenters. The molecular weight excluding hydrogens is 290 g/mol. The molecule has 2 aromatic rings. The molecule has 2 N–H and O–H groups in total. The van der Waals surface area contributed by atoms with Gasteiger partial charge in [-0.1, -0.05) is 25.4 Å². The zero-order valence-corrected chi connectivity index (χ0v) is 12.8. The van der Waals surface area contributed by atoms with Gasteiger partial charge in [-0.3, -0.25) is 9.69 Å². The Morgan fingerprint density at radius 3 is 2.86 bits per heavy atom. The number of nitrogens with one attached hydrogen (secondary N) is 1. The topological polar surface area (TPSA) is 69.2 Å². The molecule has 1 saturated heterocycles. The highest BCUT2D eigenvalue weighted by Crippen LogP contribution is 2.29. The van der Waals surface area contributed by atoms with Crippen LogP contribution in [-0.2, 0) is 6.54 Å². The van der Waals surface area contributed by atoms with Crippen molar-refractivity contribution >= 4 is 22.5 Å². The molecule has 0 aliphatic carbocycles. The Labute approximate surface area is 127 Å². The summed E-state index contributed by atoms with van der Waals surface area (Å²) in [4.78, 5) is 21.4. The fourth-order valence-electron chi connectivity index (χ4n) is 2.65. The number of halogens is 1. The van der Waals surface area contributed by atoms with Gasteiger partial charge in [-0.15, -0.1) is 0 Å². The second kappa shape index (κ2) is 5.09. The summed E-state index contributed by atoms with van der Waals surface area (Å²) in [5, 5.41) is 11.3. The van der Waals surface area contributed by atoms with Crippen molar-refractivity contribution in [2.45, 2.75) is 26.0 Å². The van der Waals surface area contributed by atoms with Crippen LogP contribution in [0, 0.1) is 5.92 Å². The number of benzene rings is 1. The summed E-state index contributed by atoms with van der Waals surface area (Å²) in [5.74, 6) is 0.833. The Bertz CT molecular complexity index is 735. The quantitative estimate of drug-likeness (QED) is 0.907. The monoisotopic (exact) mass is 307 g/mol. The lowest BCUT2D eigenvalue weighted by atomic mass is 9.83. The van der Waals surface area contributed by atoms with Gasteiger partial charge in [0.25, 0.3) is 5.56 Å². The highest BCUT2D eigenvalue weighted by Gasteiger charge is 2.43. The Hall–Kier alpha value is -1.43. The van der Waals surface area contributed by atoms with E-state index in [4.69, 9.17) is 11.6 Å². The van der Waals surface area contributed by atoms with Crippen molar-refractivity contribution in [3.63, 3.8) is 0 Å². The molecule has 0 spiro atoms. The zero-order chi connectivity index (χ0) is 15.2. The second-order valence-corrected chi connectivity index (χ2v) is 6.51. The summed E-state index contributed by atoms with van der Waals surface area (Å²) in [6.07, 6.45) is 0. The van der Waals surface area contributed by atoms with E-state index in [-0.39, 0.29) is 11.5 Å². The van der Waals surface area contributed by atoms with Crippen LogP contribution in [0.5, 0.6) is 0 Å². The number of hydrogen-bond donors (Lipinski definition) is 2. The van der Waals surface area contributed by atoms with Crippen molar-refractivity contribution < 1.29 is 5.11 Å². The predicted molar refractivity (Wildman–Crippen MR) is 82.4 cm³/mol. The first-order valence-corrected chi connectivity index (χ1v) is 7.38. The highest BCUT2D eigenvalue weighted by atomic mass is 35.5. The lowest BCUT2D eigenvalue weighted by Crippen LogP contribution is -2.64. The Kier molecular flexibility index (Phi) is 3.51. The van der Waals surface area contributed by atoms with E-state index >= 15 is 0 Å². The van der Waals surface area contributed by atoms with E-state index < -0.39 is 5.60 Å². The third kappa shape index (κ3) is 2.69. The maximum atomic E-state index is 12.1. The van der Waals surface area contributed by atoms with Crippen LogP contribution in [0.1, 0.15) is 19.7 Å². The molecule has 0 amide bonds. The molecule has 6 heteroatoms. The smallest absolute Gasteiger partial charge is 0.258 e. The number of nitrogens with zero attached hydrogens (tertiary/aromatic N) is 2. The summed E-state index contributed by atoms with van der Waals surface area (Å²) in [6, 6.07) is 5.09. The van der Waals surface area contributed by atoms with Crippen molar-refractivity contribution in [2.24, 2.45) is 5.92 Å². The van der Waals surface area contributed by atoms with Gasteiger partial charge in [0.15, 0.2) is 0 Å². The van der Waals surface area contributed by atoms with Gasteiger partial charge in [0, 0.05) is 18.1 Å². The van der Waals surface area contributed by atoms with Gasteiger partial charge in [0.05, 0.1) is 23.0 Å². The van der Waals surface area contributed by atoms with Crippen molar-refractivity contribution in [2.75, 3.05) is 13.1 Å². The zero-order valence-electron chi connectivity index (χ0n) is 12.1. The summed E-state index contributed by atoms with van der Waals surface area (Å²) in [7, 11) is 0. The van der Waals surface area contributed by atoms with E-state index in [0.717, 1.165) is 0 Å². The molecule has 1 aromatic carbocycles. The molecule has 1 aromatic heterocycles. The summed E-state index contributed by atoms with van der Waals surface area (Å²) < 4.78 is 0. The van der Waals surface area contributed by atoms with Gasteiger partial charge in [-0.2, -0.15) is 0 Å². The SMILES string of the molecule is CC(C)C1(O)CN(Cc2nc3ccc(Cl)cc3c(=O)[nH]2)C1. The largest absolute Gasteiger partial charge is 0.387 e. The molecule has 21 heavy (non-hydrogen) atoms. The van der Waals surface area contributed by atoms with Crippen LogP contribution in [-0.4, -0.2) is 38.7 Å². The third-order valence-electron chi connectivity index (χ3n) is 4.16. The molecule has 3 rings (SSSR count). The van der Waals surface area contributed by atoms with Crippen molar-refractivity contribution in [3.8, 4) is 0 Å². The number of aromatic nitrogens is 2. The number of H-pyrrole nitrogens is 1. The first-order chi connectivity index (χ1) is 9.87. The van der Waals surface area contributed by atoms with E-state index in [1.807, 2.05) is 13.8 Å². The van der Waals surface area contributed by atoms with Crippen LogP contribution < -0.4 is 5.56 Å². The third-order valence-corrected chi connectivity index (χ3v) is 4.39. The maximum Gasteiger partial charge on any atom is 0.258 e. The van der Waals surface area contributed by atoms with E-state index in [0.29, 0.717) is 41.4 Å². The van der Waals surface area contributed by atoms with Gasteiger partial charge < -0.3 is 10.1 Å². The van der Waals surface area contributed by atoms with Crippen molar-refractivity contribution in [1.82, 2.24) is 14.9 Å². The molecule has 0 radical (unpaired) electrons. The summed E-state index contributed by atoms with van der Waals surface area (Å²) in [5.41, 5.74) is -0.167. The van der Waals surface area contributed by atoms with Crippen LogP contribution in [0.3, 0.4) is 0 Å². The van der Waals surface area contributed by atoms with Crippen molar-refractivity contribution in [3.05, 3.63) is 39.4 Å². The maximum absolute atomic E-state index is 12.1. The van der Waals surface area contributed by atoms with Gasteiger partial charge in [0.1, 0.15) is 5.82 Å². The molecule has 0 atom stereocenters. The van der Waals surface area contributed by atoms with Crippen LogP contribution >= 0.6 is 11.6 Å². The number of aliphatic hydroxyl groups is 1. The van der Waals surface area contributed by atoms with Gasteiger partial charge in [-0.25, -0.2) is 4.98 Å². The molecule has 0 saturated carbocycles. The van der Waals surface area contributed by atoms with E-state index in [1.54, 1.807) is 18.2 Å². The Morgan fingerprint density at radius 2 is 2.19 bits per heavy atom. The number of rotatable bonds is 3. The molecule has 1 aliphatic rings. The lowest BCUT2D eigenvalue weighted by molar-refractivity contribution is -0.131. The highest BCUT2D eigenvalue weighted by molar-refractivity contribution is 6.31. The van der Waals surface area contributed by atoms with Crippen LogP contribution in [0.4, 0.5) is 0 Å². The Balaban J connectivity index is 1.80. The van der Waals surface area contributed by atoms with E-state index in [2.05, 4.69) is 14.9 Å². The average molecular weight is 308 g/mol. The Morgan fingerprint density at radius 1 is 1.48 bits per heavy atom. The van der Waals surface area contributed by atoms with Gasteiger partial charge in [-0.05, 0) is 24.1 Å².